The van der Waals surface area contributed by atoms with Crippen LogP contribution in [-0.4, -0.2) is 46.9 Å². The molecule has 0 radical (unpaired) electrons. The summed E-state index contributed by atoms with van der Waals surface area (Å²) in [6.45, 7) is 0.356. The number of hydroxylamine groups is 1. The predicted molar refractivity (Wildman–Crippen MR) is 97.7 cm³/mol. The Morgan fingerprint density at radius 1 is 1.04 bits per heavy atom. The molecule has 0 saturated carbocycles. The Bertz CT molecular complexity index is 799. The second-order valence-corrected chi connectivity index (χ2v) is 6.27. The lowest BCUT2D eigenvalue weighted by Gasteiger charge is -2.31. The molecule has 0 bridgehead atoms. The third-order valence-corrected chi connectivity index (χ3v) is 4.21. The molecule has 9 heteroatoms. The number of carbonyl (C=O) groups excluding carboxylic acids is 2. The Morgan fingerprint density at radius 3 is 2.14 bits per heavy atom. The molecule has 0 aliphatic heterocycles. The Morgan fingerprint density at radius 2 is 1.61 bits per heavy atom. The van der Waals surface area contributed by atoms with Gasteiger partial charge in [-0.05, 0) is 30.2 Å². The number of halogens is 2. The van der Waals surface area contributed by atoms with Gasteiger partial charge < -0.3 is 10.4 Å². The third kappa shape index (κ3) is 5.10. The maximum Gasteiger partial charge on any atom is 0.268 e. The Balaban J connectivity index is 1.98. The van der Waals surface area contributed by atoms with Crippen LogP contribution in [0.4, 0.5) is 8.78 Å². The monoisotopic (exact) mass is 393 g/mol. The lowest BCUT2D eigenvalue weighted by atomic mass is 9.96. The van der Waals surface area contributed by atoms with Gasteiger partial charge in [0.1, 0.15) is 11.6 Å². The van der Waals surface area contributed by atoms with Crippen LogP contribution in [0.1, 0.15) is 17.3 Å². The van der Waals surface area contributed by atoms with Gasteiger partial charge in [0.2, 0.25) is 0 Å². The maximum absolute atomic E-state index is 12.9. The van der Waals surface area contributed by atoms with Crippen molar-refractivity contribution in [2.24, 2.45) is 0 Å². The van der Waals surface area contributed by atoms with Gasteiger partial charge in [-0.25, -0.2) is 14.3 Å². The number of rotatable bonds is 8. The highest BCUT2D eigenvalue weighted by Crippen LogP contribution is 2.20. The van der Waals surface area contributed by atoms with Crippen molar-refractivity contribution in [3.63, 3.8) is 0 Å². The second-order valence-electron chi connectivity index (χ2n) is 6.27. The average Bonchev–Trinajstić information content (AvgIpc) is 2.71. The van der Waals surface area contributed by atoms with Gasteiger partial charge in [-0.1, -0.05) is 42.5 Å². The van der Waals surface area contributed by atoms with Gasteiger partial charge in [0.25, 0.3) is 18.2 Å². The van der Waals surface area contributed by atoms with Crippen molar-refractivity contribution in [1.29, 1.82) is 0 Å². The first-order valence-electron chi connectivity index (χ1n) is 8.39. The Kier molecular flexibility index (Phi) is 7.16. The molecule has 0 spiro atoms. The molecule has 0 fully saturated rings. The molecule has 0 heterocycles. The van der Waals surface area contributed by atoms with Crippen LogP contribution < -0.4 is 16.1 Å². The van der Waals surface area contributed by atoms with E-state index in [1.54, 1.807) is 24.3 Å². The average molecular weight is 393 g/mol. The van der Waals surface area contributed by atoms with E-state index < -0.39 is 29.9 Å². The van der Waals surface area contributed by atoms with Crippen LogP contribution in [0.15, 0.2) is 54.6 Å². The fraction of sp³-hybridized carbons (Fsp3) is 0.263. The molecular weight excluding hydrogens is 372 g/mol. The molecule has 150 valence electrons. The van der Waals surface area contributed by atoms with Gasteiger partial charge in [0.05, 0.1) is 6.67 Å². The summed E-state index contributed by atoms with van der Waals surface area (Å²) in [4.78, 5) is 23.7. The van der Waals surface area contributed by atoms with Crippen LogP contribution in [0.25, 0.3) is 11.1 Å². The zero-order chi connectivity index (χ0) is 20.7. The fourth-order valence-corrected chi connectivity index (χ4v) is 2.54. The largest absolute Gasteiger partial charge is 0.382 e. The quantitative estimate of drug-likeness (QED) is 0.265. The van der Waals surface area contributed by atoms with Crippen LogP contribution in [0.5, 0.6) is 0 Å². The fourth-order valence-electron chi connectivity index (χ4n) is 2.54. The first kappa shape index (κ1) is 21.4. The van der Waals surface area contributed by atoms with Crippen molar-refractivity contribution < 1.29 is 28.7 Å². The topological polar surface area (TPSA) is 111 Å². The van der Waals surface area contributed by atoms with Crippen molar-refractivity contribution in [3.8, 4) is 11.1 Å². The summed E-state index contributed by atoms with van der Waals surface area (Å²) in [6, 6.07) is 14.4. The normalized spacial score (nSPS) is 14.2. The van der Waals surface area contributed by atoms with Crippen molar-refractivity contribution in [3.05, 3.63) is 60.2 Å². The third-order valence-electron chi connectivity index (χ3n) is 4.21. The van der Waals surface area contributed by atoms with E-state index in [2.05, 4.69) is 10.6 Å². The smallest absolute Gasteiger partial charge is 0.268 e. The lowest BCUT2D eigenvalue weighted by molar-refractivity contribution is -0.150. The molecule has 28 heavy (non-hydrogen) atoms. The molecule has 0 unspecified atom stereocenters. The molecular formula is C19H21F2N3O4. The standard InChI is InChI=1S/C19H21F2N3O4/c1-19(27,18(20)21)15(17(26)24-28)22-11-23-16(25)14-9-7-13(8-10-14)12-5-3-2-4-6-12/h2-10,15,18,22,27-28H,11H2,1H3,(H,23,25)(H,24,26)/t15-,19+/m1/s1. The highest BCUT2D eigenvalue weighted by molar-refractivity contribution is 5.94. The first-order valence-corrected chi connectivity index (χ1v) is 8.39. The van der Waals surface area contributed by atoms with E-state index in [9.17, 15) is 23.5 Å². The summed E-state index contributed by atoms with van der Waals surface area (Å²) in [5.74, 6) is -1.77. The van der Waals surface area contributed by atoms with Gasteiger partial charge in [0, 0.05) is 5.56 Å². The summed E-state index contributed by atoms with van der Waals surface area (Å²) in [6.07, 6.45) is -3.26. The lowest BCUT2D eigenvalue weighted by Crippen LogP contribution is -2.61. The van der Waals surface area contributed by atoms with E-state index in [1.807, 2.05) is 30.3 Å². The molecule has 2 aromatic rings. The van der Waals surface area contributed by atoms with Crippen LogP contribution in [-0.2, 0) is 4.79 Å². The van der Waals surface area contributed by atoms with Gasteiger partial charge in [-0.15, -0.1) is 0 Å². The zero-order valence-corrected chi connectivity index (χ0v) is 15.0. The molecule has 2 atom stereocenters. The van der Waals surface area contributed by atoms with E-state index in [-0.39, 0.29) is 6.67 Å². The zero-order valence-electron chi connectivity index (χ0n) is 15.0. The number of hydrogen-bond donors (Lipinski definition) is 5. The number of amides is 2. The van der Waals surface area contributed by atoms with Crippen LogP contribution >= 0.6 is 0 Å². The van der Waals surface area contributed by atoms with Gasteiger partial charge in [0.15, 0.2) is 0 Å². The molecule has 2 aromatic carbocycles. The van der Waals surface area contributed by atoms with Crippen LogP contribution in [0.3, 0.4) is 0 Å². The Hall–Kier alpha value is -2.88. The van der Waals surface area contributed by atoms with Crippen molar-refractivity contribution in [1.82, 2.24) is 16.1 Å². The molecule has 0 aromatic heterocycles. The van der Waals surface area contributed by atoms with E-state index >= 15 is 0 Å². The summed E-state index contributed by atoms with van der Waals surface area (Å²) >= 11 is 0. The molecule has 5 N–H and O–H groups in total. The minimum Gasteiger partial charge on any atom is -0.382 e. The molecule has 2 rings (SSSR count). The SMILES string of the molecule is C[C@@](O)(C(F)F)[C@H](NCNC(=O)c1ccc(-c2ccccc2)cc1)C(=O)NO. The molecule has 0 aliphatic carbocycles. The van der Waals surface area contributed by atoms with Crippen LogP contribution in [0, 0.1) is 0 Å². The highest BCUT2D eigenvalue weighted by atomic mass is 19.3. The predicted octanol–water partition coefficient (Wildman–Crippen LogP) is 1.52. The van der Waals surface area contributed by atoms with Gasteiger partial charge in [-0.2, -0.15) is 0 Å². The summed E-state index contributed by atoms with van der Waals surface area (Å²) in [5.41, 5.74) is 0.688. The molecule has 0 aliphatic rings. The van der Waals surface area contributed by atoms with Crippen molar-refractivity contribution in [2.75, 3.05) is 6.67 Å². The second kappa shape index (κ2) is 9.36. The van der Waals surface area contributed by atoms with Crippen molar-refractivity contribution >= 4 is 11.8 Å². The number of hydrogen-bond acceptors (Lipinski definition) is 5. The molecule has 2 amide bonds. The number of nitrogens with one attached hydrogen (secondary N) is 3. The van der Waals surface area contributed by atoms with E-state index in [1.165, 1.54) is 5.48 Å². The molecule has 7 nitrogen and oxygen atoms in total. The summed E-state index contributed by atoms with van der Waals surface area (Å²) in [7, 11) is 0. The van der Waals surface area contributed by atoms with Gasteiger partial charge in [-0.3, -0.25) is 20.1 Å². The maximum atomic E-state index is 12.9. The molecule has 0 saturated heterocycles. The number of benzene rings is 2. The minimum absolute atomic E-state index is 0.324. The number of alkyl halides is 2. The van der Waals surface area contributed by atoms with Gasteiger partial charge >= 0.3 is 0 Å². The van der Waals surface area contributed by atoms with E-state index in [0.29, 0.717) is 5.56 Å². The summed E-state index contributed by atoms with van der Waals surface area (Å²) in [5, 5.41) is 23.2. The Labute approximate surface area is 160 Å². The highest BCUT2D eigenvalue weighted by Gasteiger charge is 2.44. The van der Waals surface area contributed by atoms with Crippen molar-refractivity contribution in [2.45, 2.75) is 25.0 Å². The number of aliphatic hydroxyl groups is 1. The summed E-state index contributed by atoms with van der Waals surface area (Å²) < 4.78 is 25.9. The van der Waals surface area contributed by atoms with Crippen LogP contribution in [0.2, 0.25) is 0 Å². The van der Waals surface area contributed by atoms with E-state index in [4.69, 9.17) is 5.21 Å². The number of carbonyl (C=O) groups is 2. The first-order chi connectivity index (χ1) is 13.3. The minimum atomic E-state index is -3.26. The van der Waals surface area contributed by atoms with E-state index in [0.717, 1.165) is 18.1 Å².